The minimum atomic E-state index is 0.951. The zero-order valence-corrected chi connectivity index (χ0v) is 23.3. The molecule has 4 aromatic rings. The number of rotatable bonds is 11. The largest absolute Gasteiger partial charge is 0.372 e. The van der Waals surface area contributed by atoms with Crippen LogP contribution in [0.3, 0.4) is 0 Å². The first kappa shape index (κ1) is 27.0. The van der Waals surface area contributed by atoms with Crippen LogP contribution in [0.4, 0.5) is 11.4 Å². The van der Waals surface area contributed by atoms with Gasteiger partial charge in [-0.05, 0) is 62.1 Å². The van der Waals surface area contributed by atoms with Crippen molar-refractivity contribution in [1.82, 2.24) is 0 Å². The van der Waals surface area contributed by atoms with Crippen molar-refractivity contribution in [3.8, 4) is 11.1 Å². The SMILES string of the molecule is CCN(CC)c1ccccc1C(=CC=Cc1ccccc1)c1ccc(-c2ccccc2)cc1N(CC)CC. The molecule has 0 amide bonds. The van der Waals surface area contributed by atoms with E-state index in [0.29, 0.717) is 0 Å². The van der Waals surface area contributed by atoms with E-state index in [2.05, 4.69) is 159 Å². The van der Waals surface area contributed by atoms with Gasteiger partial charge in [0.2, 0.25) is 0 Å². The van der Waals surface area contributed by atoms with E-state index in [0.717, 1.165) is 26.2 Å². The molecule has 0 aromatic heterocycles. The predicted molar refractivity (Wildman–Crippen MR) is 168 cm³/mol. The van der Waals surface area contributed by atoms with Crippen molar-refractivity contribution in [3.63, 3.8) is 0 Å². The number of para-hydroxylation sites is 1. The van der Waals surface area contributed by atoms with E-state index in [9.17, 15) is 0 Å². The first-order chi connectivity index (χ1) is 18.7. The Kier molecular flexibility index (Phi) is 9.59. The lowest BCUT2D eigenvalue weighted by molar-refractivity contribution is 0.862. The second kappa shape index (κ2) is 13.5. The minimum Gasteiger partial charge on any atom is -0.372 e. The molecular formula is C36H40N2. The monoisotopic (exact) mass is 500 g/mol. The summed E-state index contributed by atoms with van der Waals surface area (Å²) in [5.74, 6) is 0. The molecule has 0 atom stereocenters. The minimum absolute atomic E-state index is 0.951. The fourth-order valence-corrected chi connectivity index (χ4v) is 5.08. The van der Waals surface area contributed by atoms with Gasteiger partial charge in [-0.15, -0.1) is 0 Å². The van der Waals surface area contributed by atoms with E-state index in [4.69, 9.17) is 0 Å². The highest BCUT2D eigenvalue weighted by Gasteiger charge is 2.18. The highest BCUT2D eigenvalue weighted by molar-refractivity contribution is 5.93. The molecule has 2 nitrogen and oxygen atoms in total. The van der Waals surface area contributed by atoms with Crippen LogP contribution in [0, 0.1) is 0 Å². The Hall–Kier alpha value is -4.04. The number of benzene rings is 4. The van der Waals surface area contributed by atoms with Gasteiger partial charge in [0.25, 0.3) is 0 Å². The zero-order valence-electron chi connectivity index (χ0n) is 23.3. The van der Waals surface area contributed by atoms with Crippen LogP contribution in [-0.4, -0.2) is 26.2 Å². The average molecular weight is 501 g/mol. The van der Waals surface area contributed by atoms with Crippen LogP contribution in [0.15, 0.2) is 115 Å². The molecule has 0 spiro atoms. The van der Waals surface area contributed by atoms with Crippen molar-refractivity contribution >= 4 is 23.0 Å². The summed E-state index contributed by atoms with van der Waals surface area (Å²) in [7, 11) is 0. The molecule has 0 unspecified atom stereocenters. The van der Waals surface area contributed by atoms with Crippen LogP contribution in [0.1, 0.15) is 44.4 Å². The summed E-state index contributed by atoms with van der Waals surface area (Å²) in [5.41, 5.74) is 9.97. The van der Waals surface area contributed by atoms with Gasteiger partial charge < -0.3 is 9.80 Å². The number of hydrogen-bond donors (Lipinski definition) is 0. The van der Waals surface area contributed by atoms with Crippen molar-refractivity contribution in [3.05, 3.63) is 132 Å². The van der Waals surface area contributed by atoms with Gasteiger partial charge in [0, 0.05) is 48.7 Å². The van der Waals surface area contributed by atoms with E-state index in [1.54, 1.807) is 0 Å². The van der Waals surface area contributed by atoms with Gasteiger partial charge in [-0.2, -0.15) is 0 Å². The fraction of sp³-hybridized carbons (Fsp3) is 0.222. The molecule has 0 aliphatic heterocycles. The molecule has 0 saturated carbocycles. The predicted octanol–water partition coefficient (Wildman–Crippen LogP) is 9.19. The standard InChI is InChI=1S/C36H40N2/c1-5-37(6-2)35-25-16-15-23-33(35)32(24-17-20-29-18-11-9-12-19-29)34-27-26-31(30-21-13-10-14-22-30)28-36(34)38(7-3)8-4/h9-28H,5-8H2,1-4H3. The van der Waals surface area contributed by atoms with Gasteiger partial charge in [-0.25, -0.2) is 0 Å². The highest BCUT2D eigenvalue weighted by atomic mass is 15.1. The van der Waals surface area contributed by atoms with Crippen molar-refractivity contribution in [2.24, 2.45) is 0 Å². The quantitative estimate of drug-likeness (QED) is 0.189. The maximum atomic E-state index is 2.47. The Balaban J connectivity index is 1.94. The second-order valence-electron chi connectivity index (χ2n) is 9.31. The molecule has 0 N–H and O–H groups in total. The van der Waals surface area contributed by atoms with Gasteiger partial charge in [0.05, 0.1) is 0 Å². The molecule has 0 fully saturated rings. The summed E-state index contributed by atoms with van der Waals surface area (Å²) < 4.78 is 0. The fourth-order valence-electron chi connectivity index (χ4n) is 5.08. The highest BCUT2D eigenvalue weighted by Crippen LogP contribution is 2.39. The zero-order chi connectivity index (χ0) is 26.7. The van der Waals surface area contributed by atoms with E-state index in [1.807, 2.05) is 0 Å². The van der Waals surface area contributed by atoms with Gasteiger partial charge in [0.15, 0.2) is 0 Å². The first-order valence-electron chi connectivity index (χ1n) is 13.9. The number of anilines is 2. The number of nitrogens with zero attached hydrogens (tertiary/aromatic N) is 2. The molecular weight excluding hydrogens is 460 g/mol. The van der Waals surface area contributed by atoms with Gasteiger partial charge >= 0.3 is 0 Å². The van der Waals surface area contributed by atoms with E-state index in [1.165, 1.54) is 44.8 Å². The average Bonchev–Trinajstić information content (AvgIpc) is 2.98. The van der Waals surface area contributed by atoms with Crippen molar-refractivity contribution in [2.75, 3.05) is 36.0 Å². The summed E-state index contributed by atoms with van der Waals surface area (Å²) in [6, 6.07) is 37.0. The van der Waals surface area contributed by atoms with Crippen LogP contribution in [0.5, 0.6) is 0 Å². The van der Waals surface area contributed by atoms with Gasteiger partial charge in [-0.3, -0.25) is 0 Å². The summed E-state index contributed by atoms with van der Waals surface area (Å²) in [5, 5.41) is 0. The molecule has 38 heavy (non-hydrogen) atoms. The van der Waals surface area contributed by atoms with E-state index < -0.39 is 0 Å². The van der Waals surface area contributed by atoms with Crippen molar-refractivity contribution in [2.45, 2.75) is 27.7 Å². The molecule has 0 heterocycles. The normalized spacial score (nSPS) is 11.6. The van der Waals surface area contributed by atoms with E-state index in [-0.39, 0.29) is 0 Å². The first-order valence-corrected chi connectivity index (χ1v) is 13.9. The summed E-state index contributed by atoms with van der Waals surface area (Å²) >= 11 is 0. The molecule has 0 bridgehead atoms. The number of allylic oxidation sites excluding steroid dienone is 2. The molecule has 0 radical (unpaired) electrons. The Morgan fingerprint density at radius 2 is 1.11 bits per heavy atom. The Bertz CT molecular complexity index is 1340. The summed E-state index contributed by atoms with van der Waals surface area (Å²) in [6.45, 7) is 12.8. The van der Waals surface area contributed by atoms with Crippen LogP contribution < -0.4 is 9.80 Å². The lowest BCUT2D eigenvalue weighted by Gasteiger charge is -2.29. The summed E-state index contributed by atoms with van der Waals surface area (Å²) in [4.78, 5) is 4.91. The van der Waals surface area contributed by atoms with Crippen LogP contribution in [-0.2, 0) is 0 Å². The Morgan fingerprint density at radius 3 is 1.76 bits per heavy atom. The maximum absolute atomic E-state index is 2.47. The van der Waals surface area contributed by atoms with Crippen LogP contribution >= 0.6 is 0 Å². The molecule has 0 aliphatic carbocycles. The third-order valence-electron chi connectivity index (χ3n) is 7.15. The topological polar surface area (TPSA) is 6.48 Å². The lowest BCUT2D eigenvalue weighted by atomic mass is 9.91. The molecule has 0 aliphatic rings. The third-order valence-corrected chi connectivity index (χ3v) is 7.15. The Labute approximate surface area is 229 Å². The van der Waals surface area contributed by atoms with Crippen LogP contribution in [0.2, 0.25) is 0 Å². The summed E-state index contributed by atoms with van der Waals surface area (Å²) in [6.07, 6.45) is 6.68. The van der Waals surface area contributed by atoms with Crippen molar-refractivity contribution < 1.29 is 0 Å². The maximum Gasteiger partial charge on any atom is 0.0452 e. The second-order valence-corrected chi connectivity index (χ2v) is 9.31. The molecule has 0 saturated heterocycles. The third kappa shape index (κ3) is 6.26. The lowest BCUT2D eigenvalue weighted by Crippen LogP contribution is -2.24. The molecule has 4 aromatic carbocycles. The van der Waals surface area contributed by atoms with Crippen molar-refractivity contribution in [1.29, 1.82) is 0 Å². The molecule has 2 heteroatoms. The molecule has 194 valence electrons. The smallest absolute Gasteiger partial charge is 0.0452 e. The van der Waals surface area contributed by atoms with Gasteiger partial charge in [0.1, 0.15) is 0 Å². The Morgan fingerprint density at radius 1 is 0.553 bits per heavy atom. The van der Waals surface area contributed by atoms with Gasteiger partial charge in [-0.1, -0.05) is 109 Å². The van der Waals surface area contributed by atoms with Crippen LogP contribution in [0.25, 0.3) is 22.8 Å². The molecule has 4 rings (SSSR count). The number of hydrogen-bond acceptors (Lipinski definition) is 2. The van der Waals surface area contributed by atoms with E-state index >= 15 is 0 Å².